The quantitative estimate of drug-likeness (QED) is 0.284. The molecule has 2 rings (SSSR count). The van der Waals surface area contributed by atoms with Crippen LogP contribution in [0.25, 0.3) is 0 Å². The molecular formula is C26H34O5. The fourth-order valence-electron chi connectivity index (χ4n) is 2.75. The van der Waals surface area contributed by atoms with Gasteiger partial charge in [0.05, 0.1) is 0 Å². The lowest BCUT2D eigenvalue weighted by atomic mass is 10.1. The van der Waals surface area contributed by atoms with Gasteiger partial charge in [0.1, 0.15) is 23.0 Å². The molecule has 0 N–H and O–H groups in total. The zero-order chi connectivity index (χ0) is 21.9. The number of carbonyl (C=O) groups excluding carboxylic acids is 2. The summed E-state index contributed by atoms with van der Waals surface area (Å²) >= 11 is 0. The summed E-state index contributed by atoms with van der Waals surface area (Å²) < 4.78 is 16.8. The van der Waals surface area contributed by atoms with E-state index in [0.717, 1.165) is 22.3 Å². The van der Waals surface area contributed by atoms with Crippen LogP contribution < -0.4 is 14.2 Å². The molecule has 0 saturated carbocycles. The maximum Gasteiger partial charge on any atom is 0.338 e. The van der Waals surface area contributed by atoms with E-state index in [1.807, 2.05) is 39.8 Å². The van der Waals surface area contributed by atoms with Gasteiger partial charge < -0.3 is 14.2 Å². The minimum Gasteiger partial charge on any atom is -0.457 e. The SMILES string of the molecule is C.C.C=C(C)C(=O)Oc1cc(C)c(Oc2cc(C)c(OC(=O)C(=C)C)c(C)c2)c(C)c1. The third-order valence-electron chi connectivity index (χ3n) is 4.19. The molecule has 168 valence electrons. The summed E-state index contributed by atoms with van der Waals surface area (Å²) in [6.07, 6.45) is 0. The molecule has 0 spiro atoms. The average molecular weight is 427 g/mol. The lowest BCUT2D eigenvalue weighted by Crippen LogP contribution is -2.10. The Kier molecular flexibility index (Phi) is 9.96. The Hall–Kier alpha value is -3.34. The monoisotopic (exact) mass is 426 g/mol. The Labute approximate surface area is 186 Å². The van der Waals surface area contributed by atoms with E-state index in [2.05, 4.69) is 13.2 Å². The van der Waals surface area contributed by atoms with E-state index in [0.29, 0.717) is 34.1 Å². The van der Waals surface area contributed by atoms with Crippen molar-refractivity contribution in [2.45, 2.75) is 56.4 Å². The van der Waals surface area contributed by atoms with E-state index in [9.17, 15) is 9.59 Å². The average Bonchev–Trinajstić information content (AvgIpc) is 2.60. The number of hydrogen-bond donors (Lipinski definition) is 0. The molecule has 0 heterocycles. The number of aryl methyl sites for hydroxylation is 4. The normalized spacial score (nSPS) is 9.61. The molecule has 0 radical (unpaired) electrons. The molecule has 5 nitrogen and oxygen atoms in total. The van der Waals surface area contributed by atoms with Crippen LogP contribution in [-0.2, 0) is 9.59 Å². The number of carbonyl (C=O) groups is 2. The zero-order valence-corrected chi connectivity index (χ0v) is 17.8. The second-order valence-corrected chi connectivity index (χ2v) is 7.21. The number of benzene rings is 2. The summed E-state index contributed by atoms with van der Waals surface area (Å²) in [7, 11) is 0. The summed E-state index contributed by atoms with van der Waals surface area (Å²) in [5, 5.41) is 0. The van der Waals surface area contributed by atoms with Gasteiger partial charge in [0, 0.05) is 11.1 Å². The third-order valence-corrected chi connectivity index (χ3v) is 4.19. The van der Waals surface area contributed by atoms with Gasteiger partial charge in [0.25, 0.3) is 0 Å². The summed E-state index contributed by atoms with van der Waals surface area (Å²) in [5.41, 5.74) is 3.86. The zero-order valence-electron chi connectivity index (χ0n) is 17.8. The fraction of sp³-hybridized carbons (Fsp3) is 0.308. The van der Waals surface area contributed by atoms with Crippen LogP contribution in [0.2, 0.25) is 0 Å². The van der Waals surface area contributed by atoms with E-state index in [4.69, 9.17) is 14.2 Å². The Morgan fingerprint density at radius 2 is 1.00 bits per heavy atom. The second-order valence-electron chi connectivity index (χ2n) is 7.21. The van der Waals surface area contributed by atoms with Crippen LogP contribution in [0.5, 0.6) is 23.0 Å². The van der Waals surface area contributed by atoms with Gasteiger partial charge in [-0.1, -0.05) is 28.0 Å². The van der Waals surface area contributed by atoms with E-state index in [1.165, 1.54) is 0 Å². The van der Waals surface area contributed by atoms with Crippen molar-refractivity contribution in [2.75, 3.05) is 0 Å². The largest absolute Gasteiger partial charge is 0.457 e. The first-order valence-corrected chi connectivity index (χ1v) is 9.15. The van der Waals surface area contributed by atoms with Crippen LogP contribution in [0.4, 0.5) is 0 Å². The Morgan fingerprint density at radius 1 is 0.645 bits per heavy atom. The molecule has 2 aromatic carbocycles. The molecule has 0 amide bonds. The van der Waals surface area contributed by atoms with Gasteiger partial charge in [-0.25, -0.2) is 9.59 Å². The van der Waals surface area contributed by atoms with Crippen molar-refractivity contribution in [1.29, 1.82) is 0 Å². The van der Waals surface area contributed by atoms with Crippen molar-refractivity contribution in [3.63, 3.8) is 0 Å². The Bertz CT molecular complexity index is 968. The second kappa shape index (κ2) is 11.2. The maximum atomic E-state index is 11.8. The molecule has 0 saturated heterocycles. The Morgan fingerprint density at radius 3 is 1.42 bits per heavy atom. The molecule has 0 bridgehead atoms. The molecule has 0 aliphatic rings. The molecule has 5 heteroatoms. The molecule has 0 aliphatic carbocycles. The van der Waals surface area contributed by atoms with E-state index < -0.39 is 11.9 Å². The standard InChI is InChI=1S/C24H26O5.2CH4/c1-13(2)23(25)28-20-11-15(5)21(16(6)12-20)27-19-9-17(7)22(18(8)10-19)29-24(26)14(3)4;;/h9-12H,1,3H2,2,4-8H3;2*1H4. The van der Waals surface area contributed by atoms with Crippen molar-refractivity contribution < 1.29 is 23.8 Å². The topological polar surface area (TPSA) is 61.8 Å². The first-order chi connectivity index (χ1) is 13.5. The summed E-state index contributed by atoms with van der Waals surface area (Å²) in [5.74, 6) is 1.30. The molecule has 0 aliphatic heterocycles. The van der Waals surface area contributed by atoms with Crippen molar-refractivity contribution >= 4 is 11.9 Å². The van der Waals surface area contributed by atoms with Crippen molar-refractivity contribution in [3.8, 4) is 23.0 Å². The van der Waals surface area contributed by atoms with Crippen molar-refractivity contribution in [3.05, 3.63) is 70.8 Å². The summed E-state index contributed by atoms with van der Waals surface area (Å²) in [6, 6.07) is 7.10. The van der Waals surface area contributed by atoms with Gasteiger partial charge in [-0.05, 0) is 88.1 Å². The van der Waals surface area contributed by atoms with Gasteiger partial charge >= 0.3 is 11.9 Å². The highest BCUT2D eigenvalue weighted by Crippen LogP contribution is 2.35. The molecule has 0 atom stereocenters. The highest BCUT2D eigenvalue weighted by molar-refractivity contribution is 5.89. The molecule has 0 aromatic heterocycles. The highest BCUT2D eigenvalue weighted by atomic mass is 16.5. The van der Waals surface area contributed by atoms with E-state index in [-0.39, 0.29) is 14.9 Å². The Balaban J connectivity index is 0.00000450. The van der Waals surface area contributed by atoms with Gasteiger partial charge in [-0.15, -0.1) is 0 Å². The van der Waals surface area contributed by atoms with Crippen LogP contribution in [-0.4, -0.2) is 11.9 Å². The van der Waals surface area contributed by atoms with Crippen LogP contribution in [0.3, 0.4) is 0 Å². The lowest BCUT2D eigenvalue weighted by Gasteiger charge is -2.16. The summed E-state index contributed by atoms with van der Waals surface area (Å²) in [4.78, 5) is 23.6. The third kappa shape index (κ3) is 6.85. The first kappa shape index (κ1) is 27.7. The predicted octanol–water partition coefficient (Wildman–Crippen LogP) is 6.95. The van der Waals surface area contributed by atoms with Gasteiger partial charge in [-0.3, -0.25) is 0 Å². The maximum absolute atomic E-state index is 11.8. The van der Waals surface area contributed by atoms with E-state index >= 15 is 0 Å². The van der Waals surface area contributed by atoms with Gasteiger partial charge in [0.15, 0.2) is 0 Å². The van der Waals surface area contributed by atoms with Crippen molar-refractivity contribution in [2.24, 2.45) is 0 Å². The number of hydrogen-bond acceptors (Lipinski definition) is 5. The fourth-order valence-corrected chi connectivity index (χ4v) is 2.75. The minimum absolute atomic E-state index is 0. The smallest absolute Gasteiger partial charge is 0.338 e. The molecule has 0 fully saturated rings. The number of esters is 2. The van der Waals surface area contributed by atoms with Gasteiger partial charge in [-0.2, -0.15) is 0 Å². The number of ether oxygens (including phenoxy) is 3. The summed E-state index contributed by atoms with van der Waals surface area (Å²) in [6.45, 7) is 17.8. The molecule has 0 unspecified atom stereocenters. The predicted molar refractivity (Wildman–Crippen MR) is 126 cm³/mol. The van der Waals surface area contributed by atoms with Crippen LogP contribution in [0.15, 0.2) is 48.6 Å². The van der Waals surface area contributed by atoms with E-state index in [1.54, 1.807) is 26.0 Å². The molecule has 31 heavy (non-hydrogen) atoms. The van der Waals surface area contributed by atoms with Gasteiger partial charge in [0.2, 0.25) is 0 Å². The minimum atomic E-state index is -0.469. The van der Waals surface area contributed by atoms with Crippen molar-refractivity contribution in [1.82, 2.24) is 0 Å². The van der Waals surface area contributed by atoms with Crippen LogP contribution in [0, 0.1) is 27.7 Å². The molecular weight excluding hydrogens is 392 g/mol. The first-order valence-electron chi connectivity index (χ1n) is 9.15. The van der Waals surface area contributed by atoms with Crippen LogP contribution in [0.1, 0.15) is 51.0 Å². The molecule has 2 aromatic rings. The highest BCUT2D eigenvalue weighted by Gasteiger charge is 2.15. The number of rotatable bonds is 6. The van der Waals surface area contributed by atoms with Crippen LogP contribution >= 0.6 is 0 Å². The lowest BCUT2D eigenvalue weighted by molar-refractivity contribution is -0.131.